The van der Waals surface area contributed by atoms with Crippen LogP contribution in [0.4, 0.5) is 0 Å². The van der Waals surface area contributed by atoms with Crippen molar-refractivity contribution in [3.63, 3.8) is 0 Å². The molecule has 18 heavy (non-hydrogen) atoms. The number of amides is 1. The van der Waals surface area contributed by atoms with Crippen molar-refractivity contribution in [3.05, 3.63) is 12.2 Å². The zero-order valence-electron chi connectivity index (χ0n) is 11.5. The normalized spacial score (nSPS) is 28.1. The molecule has 1 saturated heterocycles. The van der Waals surface area contributed by atoms with E-state index in [1.165, 1.54) is 19.3 Å². The van der Waals surface area contributed by atoms with Crippen LogP contribution in [0.5, 0.6) is 0 Å². The van der Waals surface area contributed by atoms with Gasteiger partial charge in [0.1, 0.15) is 0 Å². The van der Waals surface area contributed by atoms with Gasteiger partial charge in [-0.1, -0.05) is 18.6 Å². The van der Waals surface area contributed by atoms with E-state index in [0.29, 0.717) is 11.9 Å². The summed E-state index contributed by atoms with van der Waals surface area (Å²) in [6, 6.07) is 0.516. The number of carbonyl (C=O) groups is 1. The van der Waals surface area contributed by atoms with Crippen molar-refractivity contribution in [2.45, 2.75) is 51.5 Å². The van der Waals surface area contributed by atoms with Crippen LogP contribution in [0.2, 0.25) is 0 Å². The highest BCUT2D eigenvalue weighted by atomic mass is 16.2. The zero-order chi connectivity index (χ0) is 12.8. The number of likely N-dealkylation sites (N-methyl/N-ethyl adjacent to an activating group) is 1. The molecule has 3 heteroatoms. The van der Waals surface area contributed by atoms with E-state index < -0.39 is 0 Å². The quantitative estimate of drug-likeness (QED) is 0.777. The Morgan fingerprint density at radius 1 is 1.33 bits per heavy atom. The SMILES string of the molecule is CCN(CC1CCCCN1)C(=O)C1CC=CCC1. The highest BCUT2D eigenvalue weighted by Gasteiger charge is 2.25. The van der Waals surface area contributed by atoms with Gasteiger partial charge in [0.25, 0.3) is 0 Å². The molecule has 102 valence electrons. The summed E-state index contributed by atoms with van der Waals surface area (Å²) in [7, 11) is 0. The van der Waals surface area contributed by atoms with E-state index in [-0.39, 0.29) is 5.92 Å². The zero-order valence-corrected chi connectivity index (χ0v) is 11.5. The lowest BCUT2D eigenvalue weighted by atomic mass is 9.92. The first-order chi connectivity index (χ1) is 8.81. The summed E-state index contributed by atoms with van der Waals surface area (Å²) in [5.74, 6) is 0.604. The molecule has 0 aromatic carbocycles. The highest BCUT2D eigenvalue weighted by molar-refractivity contribution is 5.79. The summed E-state index contributed by atoms with van der Waals surface area (Å²) in [5.41, 5.74) is 0. The van der Waals surface area contributed by atoms with Crippen LogP contribution < -0.4 is 5.32 Å². The molecule has 2 aliphatic rings. The molecule has 1 heterocycles. The first kappa shape index (κ1) is 13.6. The van der Waals surface area contributed by atoms with E-state index in [2.05, 4.69) is 29.3 Å². The Balaban J connectivity index is 1.86. The average molecular weight is 250 g/mol. The van der Waals surface area contributed by atoms with Gasteiger partial charge in [0, 0.05) is 25.0 Å². The molecule has 1 N–H and O–H groups in total. The van der Waals surface area contributed by atoms with Gasteiger partial charge in [-0.2, -0.15) is 0 Å². The van der Waals surface area contributed by atoms with Gasteiger partial charge in [-0.15, -0.1) is 0 Å². The van der Waals surface area contributed by atoms with Gasteiger partial charge < -0.3 is 10.2 Å². The lowest BCUT2D eigenvalue weighted by Gasteiger charge is -2.32. The van der Waals surface area contributed by atoms with E-state index >= 15 is 0 Å². The molecule has 0 radical (unpaired) electrons. The van der Waals surface area contributed by atoms with Gasteiger partial charge in [-0.25, -0.2) is 0 Å². The average Bonchev–Trinajstić information content (AvgIpc) is 2.46. The number of piperidine rings is 1. The summed E-state index contributed by atoms with van der Waals surface area (Å²) < 4.78 is 0. The summed E-state index contributed by atoms with van der Waals surface area (Å²) in [6.45, 7) is 4.95. The van der Waals surface area contributed by atoms with E-state index in [1.54, 1.807) is 0 Å². The molecule has 0 bridgehead atoms. The molecule has 0 spiro atoms. The molecule has 1 aliphatic carbocycles. The van der Waals surface area contributed by atoms with Crippen LogP contribution >= 0.6 is 0 Å². The third kappa shape index (κ3) is 3.58. The van der Waals surface area contributed by atoms with Crippen molar-refractivity contribution in [1.29, 1.82) is 0 Å². The summed E-state index contributed by atoms with van der Waals surface area (Å²) in [5, 5.41) is 3.53. The standard InChI is InChI=1S/C15H26N2O/c1-2-17(12-14-10-6-7-11-16-14)15(18)13-8-4-3-5-9-13/h3-4,13-14,16H,2,5-12H2,1H3. The minimum absolute atomic E-state index is 0.235. The Kier molecular flexibility index (Phi) is 5.24. The third-order valence-electron chi connectivity index (χ3n) is 4.16. The van der Waals surface area contributed by atoms with Crippen molar-refractivity contribution < 1.29 is 4.79 Å². The lowest BCUT2D eigenvalue weighted by molar-refractivity contribution is -0.136. The fourth-order valence-electron chi connectivity index (χ4n) is 3.00. The second-order valence-electron chi connectivity index (χ2n) is 5.51. The van der Waals surface area contributed by atoms with Crippen molar-refractivity contribution in [2.75, 3.05) is 19.6 Å². The number of nitrogens with zero attached hydrogens (tertiary/aromatic N) is 1. The maximum absolute atomic E-state index is 12.5. The topological polar surface area (TPSA) is 32.3 Å². The number of rotatable bonds is 4. The molecule has 0 saturated carbocycles. The highest BCUT2D eigenvalue weighted by Crippen LogP contribution is 2.21. The van der Waals surface area contributed by atoms with Gasteiger partial charge in [-0.05, 0) is 45.6 Å². The predicted octanol–water partition coefficient (Wildman–Crippen LogP) is 2.33. The van der Waals surface area contributed by atoms with E-state index in [4.69, 9.17) is 0 Å². The second kappa shape index (κ2) is 6.93. The smallest absolute Gasteiger partial charge is 0.226 e. The molecular weight excluding hydrogens is 224 g/mol. The summed E-state index contributed by atoms with van der Waals surface area (Å²) in [6.07, 6.45) is 11.2. The maximum Gasteiger partial charge on any atom is 0.226 e. The molecule has 0 aromatic rings. The van der Waals surface area contributed by atoms with Crippen LogP contribution in [0.1, 0.15) is 45.4 Å². The Morgan fingerprint density at radius 2 is 2.22 bits per heavy atom. The fraction of sp³-hybridized carbons (Fsp3) is 0.800. The molecule has 1 fully saturated rings. The molecule has 2 rings (SSSR count). The number of allylic oxidation sites excluding steroid dienone is 2. The van der Waals surface area contributed by atoms with Crippen LogP contribution in [0, 0.1) is 5.92 Å². The Labute approximate surface area is 111 Å². The minimum atomic E-state index is 0.235. The van der Waals surface area contributed by atoms with Crippen LogP contribution in [0.3, 0.4) is 0 Å². The molecule has 2 unspecified atom stereocenters. The maximum atomic E-state index is 12.5. The van der Waals surface area contributed by atoms with E-state index in [1.807, 2.05) is 0 Å². The third-order valence-corrected chi connectivity index (χ3v) is 4.16. The number of nitrogens with one attached hydrogen (secondary N) is 1. The van der Waals surface area contributed by atoms with Crippen LogP contribution in [-0.2, 0) is 4.79 Å². The summed E-state index contributed by atoms with van der Waals surface area (Å²) in [4.78, 5) is 14.5. The number of hydrogen-bond donors (Lipinski definition) is 1. The predicted molar refractivity (Wildman–Crippen MR) is 74.4 cm³/mol. The molecule has 1 aliphatic heterocycles. The van der Waals surface area contributed by atoms with Gasteiger partial charge in [0.2, 0.25) is 5.91 Å². The molecule has 0 aromatic heterocycles. The van der Waals surface area contributed by atoms with Crippen molar-refractivity contribution in [3.8, 4) is 0 Å². The summed E-state index contributed by atoms with van der Waals surface area (Å²) >= 11 is 0. The van der Waals surface area contributed by atoms with Crippen LogP contribution in [-0.4, -0.2) is 36.5 Å². The van der Waals surface area contributed by atoms with Gasteiger partial charge in [0.05, 0.1) is 0 Å². The molecular formula is C15H26N2O. The van der Waals surface area contributed by atoms with Crippen molar-refractivity contribution >= 4 is 5.91 Å². The molecule has 1 amide bonds. The van der Waals surface area contributed by atoms with Crippen molar-refractivity contribution in [2.24, 2.45) is 5.92 Å². The Hall–Kier alpha value is -0.830. The lowest BCUT2D eigenvalue weighted by Crippen LogP contribution is -2.47. The Morgan fingerprint density at radius 3 is 2.83 bits per heavy atom. The van der Waals surface area contributed by atoms with Crippen LogP contribution in [0.15, 0.2) is 12.2 Å². The fourth-order valence-corrected chi connectivity index (χ4v) is 3.00. The Bertz CT molecular complexity index is 295. The first-order valence-corrected chi connectivity index (χ1v) is 7.48. The number of hydrogen-bond acceptors (Lipinski definition) is 2. The van der Waals surface area contributed by atoms with E-state index in [0.717, 1.165) is 38.9 Å². The molecule has 3 nitrogen and oxygen atoms in total. The van der Waals surface area contributed by atoms with Crippen molar-refractivity contribution in [1.82, 2.24) is 10.2 Å². The van der Waals surface area contributed by atoms with E-state index in [9.17, 15) is 4.79 Å². The van der Waals surface area contributed by atoms with Crippen LogP contribution in [0.25, 0.3) is 0 Å². The van der Waals surface area contributed by atoms with Gasteiger partial charge in [-0.3, -0.25) is 4.79 Å². The minimum Gasteiger partial charge on any atom is -0.341 e. The van der Waals surface area contributed by atoms with Gasteiger partial charge in [0.15, 0.2) is 0 Å². The molecule has 2 atom stereocenters. The number of carbonyl (C=O) groups excluding carboxylic acids is 1. The van der Waals surface area contributed by atoms with Gasteiger partial charge >= 0.3 is 0 Å². The largest absolute Gasteiger partial charge is 0.341 e. The first-order valence-electron chi connectivity index (χ1n) is 7.48. The second-order valence-corrected chi connectivity index (χ2v) is 5.51. The monoisotopic (exact) mass is 250 g/mol.